The van der Waals surface area contributed by atoms with E-state index in [1.54, 1.807) is 25.1 Å². The molecule has 1 aromatic carbocycles. The quantitative estimate of drug-likeness (QED) is 0.872. The monoisotopic (exact) mass is 367 g/mol. The van der Waals surface area contributed by atoms with Gasteiger partial charge in [0.05, 0.1) is 16.4 Å². The summed E-state index contributed by atoms with van der Waals surface area (Å²) in [4.78, 5) is 0.112. The molecule has 0 amide bonds. The van der Waals surface area contributed by atoms with E-state index in [4.69, 9.17) is 0 Å². The SMILES string of the molecule is C[C@]1(NS(=O)(=O)c2ccccc2Br)CCS(=O)(=O)C1. The molecule has 2 rings (SSSR count). The maximum absolute atomic E-state index is 12.3. The van der Waals surface area contributed by atoms with Crippen LogP contribution < -0.4 is 4.72 Å². The maximum atomic E-state index is 12.3. The Morgan fingerprint density at radius 2 is 1.95 bits per heavy atom. The summed E-state index contributed by atoms with van der Waals surface area (Å²) < 4.78 is 50.5. The minimum Gasteiger partial charge on any atom is -0.229 e. The van der Waals surface area contributed by atoms with Crippen LogP contribution >= 0.6 is 15.9 Å². The van der Waals surface area contributed by atoms with Crippen molar-refractivity contribution in [1.29, 1.82) is 0 Å². The van der Waals surface area contributed by atoms with Crippen molar-refractivity contribution in [1.82, 2.24) is 4.72 Å². The van der Waals surface area contributed by atoms with Gasteiger partial charge in [0.25, 0.3) is 0 Å². The molecule has 8 heteroatoms. The number of hydrogen-bond acceptors (Lipinski definition) is 4. The molecule has 1 N–H and O–H groups in total. The fraction of sp³-hybridized carbons (Fsp3) is 0.455. The number of hydrogen-bond donors (Lipinski definition) is 1. The summed E-state index contributed by atoms with van der Waals surface area (Å²) in [5.41, 5.74) is -0.938. The third kappa shape index (κ3) is 3.36. The Morgan fingerprint density at radius 1 is 1.32 bits per heavy atom. The Kier molecular flexibility index (Phi) is 3.81. The molecule has 1 aliphatic heterocycles. The number of sulfonamides is 1. The number of sulfone groups is 1. The van der Waals surface area contributed by atoms with Gasteiger partial charge in [-0.15, -0.1) is 0 Å². The summed E-state index contributed by atoms with van der Waals surface area (Å²) in [5, 5.41) is 0. The average molecular weight is 368 g/mol. The lowest BCUT2D eigenvalue weighted by Crippen LogP contribution is -2.46. The van der Waals surface area contributed by atoms with Crippen molar-refractivity contribution in [3.8, 4) is 0 Å². The van der Waals surface area contributed by atoms with Crippen molar-refractivity contribution in [2.24, 2.45) is 0 Å². The molecule has 0 saturated carbocycles. The van der Waals surface area contributed by atoms with Gasteiger partial charge < -0.3 is 0 Å². The summed E-state index contributed by atoms with van der Waals surface area (Å²) >= 11 is 3.18. The third-order valence-electron chi connectivity index (χ3n) is 3.01. The van der Waals surface area contributed by atoms with E-state index in [0.717, 1.165) is 0 Å². The molecule has 0 radical (unpaired) electrons. The van der Waals surface area contributed by atoms with Gasteiger partial charge in [-0.25, -0.2) is 21.6 Å². The Bertz CT molecular complexity index is 699. The predicted octanol–water partition coefficient (Wildman–Crippen LogP) is 1.30. The lowest BCUT2D eigenvalue weighted by Gasteiger charge is -2.23. The highest BCUT2D eigenvalue weighted by Crippen LogP contribution is 2.27. The van der Waals surface area contributed by atoms with Crippen LogP contribution in [-0.2, 0) is 19.9 Å². The average Bonchev–Trinajstić information content (AvgIpc) is 2.52. The van der Waals surface area contributed by atoms with Gasteiger partial charge >= 0.3 is 0 Å². The minimum atomic E-state index is -3.74. The number of nitrogens with one attached hydrogen (secondary N) is 1. The van der Waals surface area contributed by atoms with Gasteiger partial charge in [-0.1, -0.05) is 12.1 Å². The summed E-state index contributed by atoms with van der Waals surface area (Å²) in [5.74, 6) is -0.147. The van der Waals surface area contributed by atoms with E-state index in [-0.39, 0.29) is 16.4 Å². The standard InChI is InChI=1S/C11H14BrNO4S2/c1-11(6-7-18(14,15)8-11)13-19(16,17)10-5-3-2-4-9(10)12/h2-5,13H,6-8H2,1H3/t11-/m0/s1. The normalized spacial score (nSPS) is 26.4. The largest absolute Gasteiger partial charge is 0.242 e. The molecule has 1 aromatic rings. The predicted molar refractivity (Wildman–Crippen MR) is 76.1 cm³/mol. The molecule has 0 bridgehead atoms. The molecule has 1 saturated heterocycles. The number of halogens is 1. The first-order valence-corrected chi connectivity index (χ1v) is 9.72. The van der Waals surface area contributed by atoms with Gasteiger partial charge in [-0.2, -0.15) is 0 Å². The smallest absolute Gasteiger partial charge is 0.229 e. The van der Waals surface area contributed by atoms with Crippen LogP contribution in [0.3, 0.4) is 0 Å². The second-order valence-corrected chi connectivity index (χ2v) is 9.63. The zero-order chi connectivity index (χ0) is 14.3. The molecule has 5 nitrogen and oxygen atoms in total. The Labute approximate surface area is 121 Å². The van der Waals surface area contributed by atoms with E-state index in [9.17, 15) is 16.8 Å². The van der Waals surface area contributed by atoms with Crippen molar-refractivity contribution < 1.29 is 16.8 Å². The van der Waals surface area contributed by atoms with Gasteiger partial charge in [-0.3, -0.25) is 0 Å². The first-order valence-electron chi connectivity index (χ1n) is 5.63. The lowest BCUT2D eigenvalue weighted by molar-refractivity contribution is 0.461. The van der Waals surface area contributed by atoms with Crippen LogP contribution in [0.4, 0.5) is 0 Å². The first-order chi connectivity index (χ1) is 8.64. The van der Waals surface area contributed by atoms with Crippen molar-refractivity contribution in [2.75, 3.05) is 11.5 Å². The maximum Gasteiger partial charge on any atom is 0.242 e. The zero-order valence-electron chi connectivity index (χ0n) is 10.3. The molecule has 1 heterocycles. The van der Waals surface area contributed by atoms with Gasteiger partial charge in [0.1, 0.15) is 0 Å². The molecular weight excluding hydrogens is 354 g/mol. The fourth-order valence-electron chi connectivity index (χ4n) is 2.13. The van der Waals surface area contributed by atoms with Crippen molar-refractivity contribution in [3.05, 3.63) is 28.7 Å². The molecule has 1 atom stereocenters. The van der Waals surface area contributed by atoms with E-state index in [1.165, 1.54) is 6.07 Å². The van der Waals surface area contributed by atoms with E-state index in [0.29, 0.717) is 10.9 Å². The van der Waals surface area contributed by atoms with Crippen molar-refractivity contribution >= 4 is 35.8 Å². The fourth-order valence-corrected chi connectivity index (χ4v) is 6.76. The summed E-state index contributed by atoms with van der Waals surface area (Å²) in [6, 6.07) is 6.43. The Morgan fingerprint density at radius 3 is 2.47 bits per heavy atom. The number of benzene rings is 1. The summed E-state index contributed by atoms with van der Waals surface area (Å²) in [7, 11) is -6.90. The molecular formula is C11H14BrNO4S2. The Hall–Kier alpha value is -0.440. The van der Waals surface area contributed by atoms with Crippen LogP contribution in [0.2, 0.25) is 0 Å². The number of rotatable bonds is 3. The zero-order valence-corrected chi connectivity index (χ0v) is 13.5. The highest BCUT2D eigenvalue weighted by atomic mass is 79.9. The topological polar surface area (TPSA) is 80.3 Å². The first kappa shape index (κ1) is 15.0. The molecule has 0 aromatic heterocycles. The summed E-state index contributed by atoms with van der Waals surface area (Å²) in [6.45, 7) is 1.62. The minimum absolute atomic E-state index is 0.0159. The second kappa shape index (κ2) is 4.83. The van der Waals surface area contributed by atoms with Crippen molar-refractivity contribution in [3.63, 3.8) is 0 Å². The van der Waals surface area contributed by atoms with Crippen LogP contribution in [0.1, 0.15) is 13.3 Å². The molecule has 19 heavy (non-hydrogen) atoms. The van der Waals surface area contributed by atoms with Gasteiger partial charge in [-0.05, 0) is 41.4 Å². The van der Waals surface area contributed by atoms with E-state index < -0.39 is 25.4 Å². The van der Waals surface area contributed by atoms with Crippen LogP contribution in [0.25, 0.3) is 0 Å². The molecule has 0 unspecified atom stereocenters. The second-order valence-electron chi connectivity index (χ2n) is 4.94. The highest BCUT2D eigenvalue weighted by Gasteiger charge is 2.41. The van der Waals surface area contributed by atoms with Crippen LogP contribution in [0.5, 0.6) is 0 Å². The Balaban J connectivity index is 2.31. The lowest BCUT2D eigenvalue weighted by atomic mass is 10.0. The van der Waals surface area contributed by atoms with E-state index in [2.05, 4.69) is 20.7 Å². The highest BCUT2D eigenvalue weighted by molar-refractivity contribution is 9.10. The molecule has 106 valence electrons. The van der Waals surface area contributed by atoms with Crippen LogP contribution in [-0.4, -0.2) is 33.9 Å². The van der Waals surface area contributed by atoms with Gasteiger partial charge in [0.15, 0.2) is 9.84 Å². The van der Waals surface area contributed by atoms with Gasteiger partial charge in [0, 0.05) is 10.0 Å². The van der Waals surface area contributed by atoms with Crippen molar-refractivity contribution in [2.45, 2.75) is 23.8 Å². The van der Waals surface area contributed by atoms with Gasteiger partial charge in [0.2, 0.25) is 10.0 Å². The van der Waals surface area contributed by atoms with E-state index >= 15 is 0 Å². The molecule has 0 aliphatic carbocycles. The van der Waals surface area contributed by atoms with E-state index in [1.807, 2.05) is 0 Å². The molecule has 1 fully saturated rings. The third-order valence-corrected chi connectivity index (χ3v) is 7.56. The molecule has 1 aliphatic rings. The molecule has 0 spiro atoms. The van der Waals surface area contributed by atoms with Crippen LogP contribution in [0.15, 0.2) is 33.6 Å². The summed E-state index contributed by atoms with van der Waals surface area (Å²) in [6.07, 6.45) is 0.291. The van der Waals surface area contributed by atoms with Crippen LogP contribution in [0, 0.1) is 0 Å².